The smallest absolute Gasteiger partial charge is 0.250 e. The van der Waals surface area contributed by atoms with Crippen LogP contribution in [0.5, 0.6) is 0 Å². The van der Waals surface area contributed by atoms with Crippen LogP contribution in [0.1, 0.15) is 0 Å². The van der Waals surface area contributed by atoms with E-state index in [2.05, 4.69) is 17.2 Å². The molecular weight excluding hydrogens is 180 g/mol. The Kier molecular flexibility index (Phi) is 5.78. The maximum atomic E-state index is 10.9. The molecule has 0 rings (SSSR count). The van der Waals surface area contributed by atoms with Crippen LogP contribution in [0, 0.1) is 0 Å². The number of hydrogen-bond acceptors (Lipinski definition) is 2. The van der Waals surface area contributed by atoms with Gasteiger partial charge in [-0.05, 0) is 0 Å². The number of likely N-dealkylation sites (N-methyl/N-ethyl adjacent to an activating group) is 2. The first-order valence-electron chi connectivity index (χ1n) is 4.09. The second-order valence-corrected chi connectivity index (χ2v) is 2.44. The van der Waals surface area contributed by atoms with Crippen LogP contribution in [0.15, 0.2) is 36.5 Å². The van der Waals surface area contributed by atoms with Crippen molar-refractivity contribution >= 4 is 11.8 Å². The fourth-order valence-electron chi connectivity index (χ4n) is 0.634. The van der Waals surface area contributed by atoms with Gasteiger partial charge in [-0.25, -0.2) is 0 Å². The molecule has 0 saturated heterocycles. The molecule has 14 heavy (non-hydrogen) atoms. The first-order chi connectivity index (χ1) is 6.61. The van der Waals surface area contributed by atoms with Gasteiger partial charge in [0.15, 0.2) is 0 Å². The van der Waals surface area contributed by atoms with E-state index in [0.717, 1.165) is 0 Å². The summed E-state index contributed by atoms with van der Waals surface area (Å²) in [6.07, 6.45) is 5.99. The van der Waals surface area contributed by atoms with Gasteiger partial charge in [-0.1, -0.05) is 24.8 Å². The van der Waals surface area contributed by atoms with Crippen molar-refractivity contribution in [1.82, 2.24) is 10.6 Å². The number of rotatable bonds is 4. The fraction of sp³-hybridized carbons (Fsp3) is 0.200. The van der Waals surface area contributed by atoms with Crippen molar-refractivity contribution in [1.29, 1.82) is 0 Å². The minimum absolute atomic E-state index is 0.194. The Hall–Kier alpha value is -1.84. The third kappa shape index (κ3) is 4.92. The average Bonchev–Trinajstić information content (AvgIpc) is 2.22. The van der Waals surface area contributed by atoms with E-state index < -0.39 is 0 Å². The summed E-state index contributed by atoms with van der Waals surface area (Å²) in [5, 5.41) is 4.86. The minimum Gasteiger partial charge on any atom is -0.356 e. The van der Waals surface area contributed by atoms with E-state index in [9.17, 15) is 9.59 Å². The Labute approximate surface area is 83.4 Å². The Morgan fingerprint density at radius 2 is 1.64 bits per heavy atom. The van der Waals surface area contributed by atoms with Gasteiger partial charge >= 0.3 is 0 Å². The van der Waals surface area contributed by atoms with E-state index in [4.69, 9.17) is 0 Å². The van der Waals surface area contributed by atoms with Crippen molar-refractivity contribution in [2.24, 2.45) is 0 Å². The molecule has 0 aromatic rings. The van der Waals surface area contributed by atoms with Crippen molar-refractivity contribution < 1.29 is 9.59 Å². The molecule has 0 fully saturated rings. The standard InChI is InChI=1S/C10H14N2O2/c1-8(10(14)12-3)6-4-5-7-9(13)11-2/h4-7H,1H2,2-3H3,(H,11,13)(H,12,14)/b6-4-,7-5+. The first-order valence-corrected chi connectivity index (χ1v) is 4.09. The van der Waals surface area contributed by atoms with E-state index in [-0.39, 0.29) is 11.8 Å². The highest BCUT2D eigenvalue weighted by atomic mass is 16.2. The molecule has 76 valence electrons. The predicted octanol–water partition coefficient (Wildman–Crippen LogP) is 0.147. The molecule has 4 heteroatoms. The normalized spacial score (nSPS) is 10.4. The first kappa shape index (κ1) is 12.2. The summed E-state index contributed by atoms with van der Waals surface area (Å²) in [4.78, 5) is 21.6. The Bertz CT molecular complexity index is 290. The Morgan fingerprint density at radius 1 is 1.07 bits per heavy atom. The topological polar surface area (TPSA) is 58.2 Å². The van der Waals surface area contributed by atoms with Gasteiger partial charge in [0, 0.05) is 25.7 Å². The third-order valence-electron chi connectivity index (χ3n) is 1.42. The molecule has 0 heterocycles. The van der Waals surface area contributed by atoms with Crippen LogP contribution >= 0.6 is 0 Å². The van der Waals surface area contributed by atoms with Gasteiger partial charge < -0.3 is 10.6 Å². The lowest BCUT2D eigenvalue weighted by atomic mass is 10.2. The highest BCUT2D eigenvalue weighted by molar-refractivity contribution is 5.95. The van der Waals surface area contributed by atoms with Crippen LogP contribution < -0.4 is 10.6 Å². The summed E-state index contributed by atoms with van der Waals surface area (Å²) in [5.41, 5.74) is 0.342. The zero-order chi connectivity index (χ0) is 11.0. The van der Waals surface area contributed by atoms with Gasteiger partial charge in [0.2, 0.25) is 11.8 Å². The highest BCUT2D eigenvalue weighted by Gasteiger charge is 1.97. The number of carbonyl (C=O) groups excluding carboxylic acids is 2. The van der Waals surface area contributed by atoms with Crippen LogP contribution in [0.25, 0.3) is 0 Å². The van der Waals surface area contributed by atoms with Gasteiger partial charge in [0.05, 0.1) is 0 Å². The average molecular weight is 194 g/mol. The number of hydrogen-bond donors (Lipinski definition) is 2. The number of carbonyl (C=O) groups is 2. The van der Waals surface area contributed by atoms with E-state index in [0.29, 0.717) is 5.57 Å². The van der Waals surface area contributed by atoms with Gasteiger partial charge in [-0.3, -0.25) is 9.59 Å². The summed E-state index contributed by atoms with van der Waals surface area (Å²) in [7, 11) is 3.07. The molecule has 0 aliphatic carbocycles. The number of nitrogens with one attached hydrogen (secondary N) is 2. The quantitative estimate of drug-likeness (QED) is 0.494. The van der Waals surface area contributed by atoms with Crippen molar-refractivity contribution in [2.45, 2.75) is 0 Å². The van der Waals surface area contributed by atoms with Gasteiger partial charge in [-0.15, -0.1) is 0 Å². The van der Waals surface area contributed by atoms with Crippen LogP contribution in [-0.4, -0.2) is 25.9 Å². The molecule has 0 radical (unpaired) electrons. The summed E-state index contributed by atoms with van der Waals surface area (Å²) in [6.45, 7) is 3.53. The van der Waals surface area contributed by atoms with Crippen LogP contribution in [0.3, 0.4) is 0 Å². The molecule has 0 aliphatic heterocycles. The van der Waals surface area contributed by atoms with Crippen molar-refractivity contribution in [3.63, 3.8) is 0 Å². The summed E-state index contributed by atoms with van der Waals surface area (Å²) >= 11 is 0. The predicted molar refractivity (Wildman–Crippen MR) is 55.6 cm³/mol. The van der Waals surface area contributed by atoms with Crippen molar-refractivity contribution in [3.8, 4) is 0 Å². The number of allylic oxidation sites excluding steroid dienone is 2. The van der Waals surface area contributed by atoms with Crippen molar-refractivity contribution in [3.05, 3.63) is 36.5 Å². The van der Waals surface area contributed by atoms with Gasteiger partial charge in [0.1, 0.15) is 0 Å². The lowest BCUT2D eigenvalue weighted by Gasteiger charge is -1.95. The molecule has 0 bridgehead atoms. The molecule has 0 aromatic heterocycles. The molecule has 0 aromatic carbocycles. The van der Waals surface area contributed by atoms with E-state index in [1.165, 1.54) is 25.3 Å². The SMILES string of the molecule is C=C(/C=C\C=C\C(=O)NC)C(=O)NC. The lowest BCUT2D eigenvalue weighted by molar-refractivity contribution is -0.117. The van der Waals surface area contributed by atoms with E-state index >= 15 is 0 Å². The minimum atomic E-state index is -0.241. The van der Waals surface area contributed by atoms with Gasteiger partial charge in [0.25, 0.3) is 0 Å². The summed E-state index contributed by atoms with van der Waals surface area (Å²) < 4.78 is 0. The van der Waals surface area contributed by atoms with E-state index in [1.54, 1.807) is 13.1 Å². The van der Waals surface area contributed by atoms with Crippen LogP contribution in [0.4, 0.5) is 0 Å². The second-order valence-electron chi connectivity index (χ2n) is 2.44. The third-order valence-corrected chi connectivity index (χ3v) is 1.42. The maximum Gasteiger partial charge on any atom is 0.250 e. The van der Waals surface area contributed by atoms with E-state index in [1.807, 2.05) is 0 Å². The molecule has 2 amide bonds. The second kappa shape index (κ2) is 6.65. The molecule has 0 unspecified atom stereocenters. The molecule has 0 atom stereocenters. The summed E-state index contributed by atoms with van der Waals surface area (Å²) in [5.74, 6) is -0.435. The fourth-order valence-corrected chi connectivity index (χ4v) is 0.634. The highest BCUT2D eigenvalue weighted by Crippen LogP contribution is 1.92. The Morgan fingerprint density at radius 3 is 2.14 bits per heavy atom. The zero-order valence-electron chi connectivity index (χ0n) is 8.33. The maximum absolute atomic E-state index is 10.9. The van der Waals surface area contributed by atoms with Crippen LogP contribution in [0.2, 0.25) is 0 Å². The zero-order valence-corrected chi connectivity index (χ0v) is 8.33. The van der Waals surface area contributed by atoms with Crippen LogP contribution in [-0.2, 0) is 9.59 Å². The number of amides is 2. The Balaban J connectivity index is 4.07. The molecule has 0 spiro atoms. The molecule has 0 saturated carbocycles. The van der Waals surface area contributed by atoms with Crippen molar-refractivity contribution in [2.75, 3.05) is 14.1 Å². The monoisotopic (exact) mass is 194 g/mol. The largest absolute Gasteiger partial charge is 0.356 e. The molecule has 0 aliphatic rings. The molecule has 4 nitrogen and oxygen atoms in total. The van der Waals surface area contributed by atoms with Gasteiger partial charge in [-0.2, -0.15) is 0 Å². The lowest BCUT2D eigenvalue weighted by Crippen LogP contribution is -2.18. The molecule has 2 N–H and O–H groups in total. The summed E-state index contributed by atoms with van der Waals surface area (Å²) in [6, 6.07) is 0. The molecular formula is C10H14N2O2.